The Kier molecular flexibility index (Phi) is 5.95. The van der Waals surface area contributed by atoms with Crippen molar-refractivity contribution in [1.29, 1.82) is 0 Å². The number of hydrogen-bond donors (Lipinski definition) is 0. The van der Waals surface area contributed by atoms with E-state index in [9.17, 15) is 0 Å². The fourth-order valence-corrected chi connectivity index (χ4v) is 8.00. The van der Waals surface area contributed by atoms with E-state index < -0.39 is 0 Å². The van der Waals surface area contributed by atoms with Gasteiger partial charge in [0.15, 0.2) is 0 Å². The third-order valence-electron chi connectivity index (χ3n) is 8.33. The fraction of sp³-hybridized carbons (Fsp3) is 0.294. The van der Waals surface area contributed by atoms with E-state index in [-0.39, 0.29) is 0 Å². The molecule has 1 heteroatoms. The average molecular weight is 498 g/mol. The predicted octanol–water partition coefficient (Wildman–Crippen LogP) is 7.89. The van der Waals surface area contributed by atoms with Crippen molar-refractivity contribution in [2.75, 3.05) is 0 Å². The van der Waals surface area contributed by atoms with Gasteiger partial charge in [-0.25, -0.2) is 0 Å². The Morgan fingerprint density at radius 2 is 1.00 bits per heavy atom. The molecule has 0 fully saturated rings. The second-order valence-electron chi connectivity index (χ2n) is 10.3. The van der Waals surface area contributed by atoms with Gasteiger partial charge in [0.1, 0.15) is 0 Å². The first kappa shape index (κ1) is 22.8. The quantitative estimate of drug-likeness (QED) is 0.205. The average Bonchev–Trinajstić information content (AvgIpc) is 3.47. The Morgan fingerprint density at radius 1 is 0.571 bits per heavy atom. The van der Waals surface area contributed by atoms with Crippen LogP contribution in [-0.2, 0) is 27.8 Å². The van der Waals surface area contributed by atoms with E-state index in [2.05, 4.69) is 100 Å². The molecule has 0 N–H and O–H groups in total. The second kappa shape index (κ2) is 9.12. The minimum absolute atomic E-state index is 0.569. The number of fused-ring (bicyclic) bond motifs is 6. The Hall–Kier alpha value is -2.60. The molecule has 4 aromatic rings. The van der Waals surface area contributed by atoms with Crippen LogP contribution in [0.1, 0.15) is 85.8 Å². The molecule has 0 aromatic heterocycles. The van der Waals surface area contributed by atoms with Crippen molar-refractivity contribution in [2.45, 2.75) is 65.2 Å². The maximum absolute atomic E-state index is 2.45. The first-order valence-corrected chi connectivity index (χ1v) is 14.3. The Balaban J connectivity index is 1.55. The van der Waals surface area contributed by atoms with Crippen LogP contribution in [0.4, 0.5) is 0 Å². The maximum atomic E-state index is 2.45. The molecule has 0 aliphatic heterocycles. The van der Waals surface area contributed by atoms with Crippen molar-refractivity contribution in [3.63, 3.8) is 0 Å². The van der Waals surface area contributed by atoms with Gasteiger partial charge >= 0.3 is 218 Å². The zero-order chi connectivity index (χ0) is 24.1. The Morgan fingerprint density at radius 3 is 1.43 bits per heavy atom. The molecule has 4 aromatic carbocycles. The topological polar surface area (TPSA) is 0 Å². The molecule has 0 heterocycles. The number of rotatable bonds is 6. The van der Waals surface area contributed by atoms with Gasteiger partial charge < -0.3 is 0 Å². The summed E-state index contributed by atoms with van der Waals surface area (Å²) in [5, 5.41) is 0. The molecule has 35 heavy (non-hydrogen) atoms. The summed E-state index contributed by atoms with van der Waals surface area (Å²) in [5.74, 6) is 1.14. The van der Waals surface area contributed by atoms with Gasteiger partial charge in [0.25, 0.3) is 0 Å². The molecule has 2 atom stereocenters. The van der Waals surface area contributed by atoms with Gasteiger partial charge in [0.2, 0.25) is 0 Å². The van der Waals surface area contributed by atoms with Gasteiger partial charge in [0, 0.05) is 0 Å². The SMILES string of the molecule is CCC(C)c1ccc2c([c]1[Fe][c]1c(C(C)CC)ccc3c1Cc1ccccc1-3)Cc1ccccc1-2. The summed E-state index contributed by atoms with van der Waals surface area (Å²) in [5.41, 5.74) is 15.0. The van der Waals surface area contributed by atoms with Crippen LogP contribution in [-0.4, -0.2) is 0 Å². The minimum atomic E-state index is 0.569. The summed E-state index contributed by atoms with van der Waals surface area (Å²) in [6, 6.07) is 27.8. The van der Waals surface area contributed by atoms with E-state index in [1.54, 1.807) is 31.2 Å². The van der Waals surface area contributed by atoms with Crippen LogP contribution in [0.3, 0.4) is 0 Å². The second-order valence-corrected chi connectivity index (χ2v) is 11.7. The molecule has 2 aliphatic rings. The summed E-state index contributed by atoms with van der Waals surface area (Å²) < 4.78 is 3.20. The van der Waals surface area contributed by atoms with Gasteiger partial charge in [0.05, 0.1) is 0 Å². The van der Waals surface area contributed by atoms with Crippen molar-refractivity contribution >= 4 is 8.92 Å². The summed E-state index contributed by atoms with van der Waals surface area (Å²) in [7, 11) is 0. The molecule has 0 spiro atoms. The first-order valence-electron chi connectivity index (χ1n) is 13.2. The van der Waals surface area contributed by atoms with Gasteiger partial charge in [-0.1, -0.05) is 0 Å². The van der Waals surface area contributed by atoms with Crippen molar-refractivity contribution < 1.29 is 15.0 Å². The van der Waals surface area contributed by atoms with E-state index >= 15 is 0 Å². The normalized spacial score (nSPS) is 14.9. The molecule has 0 saturated heterocycles. The van der Waals surface area contributed by atoms with E-state index in [1.807, 2.05) is 0 Å². The standard InChI is InChI=1S/2C17H17.Fe/c2*1-3-12(2)13-8-9-17-15(10-13)11-14-6-4-5-7-16(14)17;/h2*4-9,12H,3,11H2,1-2H3;. The molecule has 0 nitrogen and oxygen atoms in total. The van der Waals surface area contributed by atoms with E-state index in [4.69, 9.17) is 0 Å². The molecular formula is C34H34Fe. The van der Waals surface area contributed by atoms with Gasteiger partial charge in [-0.3, -0.25) is 0 Å². The zero-order valence-corrected chi connectivity index (χ0v) is 22.4. The zero-order valence-electron chi connectivity index (χ0n) is 21.3. The summed E-state index contributed by atoms with van der Waals surface area (Å²) in [4.78, 5) is 0. The molecule has 2 unspecified atom stereocenters. The van der Waals surface area contributed by atoms with Crippen molar-refractivity contribution in [3.05, 3.63) is 106 Å². The van der Waals surface area contributed by atoms with Crippen LogP contribution in [0.25, 0.3) is 22.3 Å². The molecule has 2 aliphatic carbocycles. The molecular weight excluding hydrogens is 464 g/mol. The van der Waals surface area contributed by atoms with E-state index in [0.717, 1.165) is 27.8 Å². The van der Waals surface area contributed by atoms with Crippen molar-refractivity contribution in [1.82, 2.24) is 0 Å². The van der Waals surface area contributed by atoms with E-state index in [0.29, 0.717) is 11.8 Å². The van der Waals surface area contributed by atoms with Crippen LogP contribution in [0, 0.1) is 0 Å². The third-order valence-corrected chi connectivity index (χ3v) is 10.2. The van der Waals surface area contributed by atoms with Gasteiger partial charge in [-0.15, -0.1) is 0 Å². The molecule has 178 valence electrons. The van der Waals surface area contributed by atoms with Gasteiger partial charge in [-0.2, -0.15) is 0 Å². The van der Waals surface area contributed by atoms with Crippen LogP contribution in [0.5, 0.6) is 0 Å². The summed E-state index contributed by atoms with van der Waals surface area (Å²) in [6.45, 7) is 9.48. The van der Waals surface area contributed by atoms with Crippen molar-refractivity contribution in [2.24, 2.45) is 0 Å². The number of hydrogen-bond acceptors (Lipinski definition) is 0. The predicted molar refractivity (Wildman–Crippen MR) is 146 cm³/mol. The van der Waals surface area contributed by atoms with Crippen LogP contribution in [0.15, 0.2) is 72.8 Å². The van der Waals surface area contributed by atoms with Crippen LogP contribution in [0.2, 0.25) is 0 Å². The third kappa shape index (κ3) is 3.72. The molecule has 0 bridgehead atoms. The summed E-state index contributed by atoms with van der Waals surface area (Å²) >= 11 is 1.05. The van der Waals surface area contributed by atoms with E-state index in [1.165, 1.54) is 46.2 Å². The van der Waals surface area contributed by atoms with Crippen LogP contribution >= 0.6 is 0 Å². The number of benzene rings is 4. The monoisotopic (exact) mass is 498 g/mol. The molecule has 6 rings (SSSR count). The first-order chi connectivity index (χ1) is 17.1. The van der Waals surface area contributed by atoms with Gasteiger partial charge in [-0.05, 0) is 0 Å². The molecule has 0 amide bonds. The molecule has 0 saturated carbocycles. The van der Waals surface area contributed by atoms with Crippen molar-refractivity contribution in [3.8, 4) is 22.3 Å². The Bertz CT molecular complexity index is 1320. The fourth-order valence-electron chi connectivity index (χ4n) is 5.86. The Labute approximate surface area is 217 Å². The van der Waals surface area contributed by atoms with Crippen LogP contribution < -0.4 is 8.92 Å². The molecule has 0 radical (unpaired) electrons. The summed E-state index contributed by atoms with van der Waals surface area (Å²) in [6.07, 6.45) is 4.49.